The molecule has 0 aliphatic carbocycles. The number of carbonyl (C=O) groups excluding carboxylic acids is 3. The quantitative estimate of drug-likeness (QED) is 0.125. The first kappa shape index (κ1) is 27.5. The number of rotatable bonds is 15. The highest BCUT2D eigenvalue weighted by Crippen LogP contribution is 2.04. The topological polar surface area (TPSA) is 243 Å². The highest BCUT2D eigenvalue weighted by atomic mass is 16.4. The van der Waals surface area contributed by atoms with Crippen LogP contribution in [0, 0.1) is 0 Å². The number of aliphatic carboxylic acids is 2. The van der Waals surface area contributed by atoms with Crippen LogP contribution in [0.15, 0.2) is 12.5 Å². The average Bonchev–Trinajstić information content (AvgIpc) is 3.24. The molecule has 1 aromatic heterocycles. The molecule has 3 amide bonds. The molecular weight excluding hydrogens is 438 g/mol. The summed E-state index contributed by atoms with van der Waals surface area (Å²) < 4.78 is 0. The third-order valence-corrected chi connectivity index (χ3v) is 4.66. The van der Waals surface area contributed by atoms with Crippen molar-refractivity contribution in [3.8, 4) is 0 Å². The number of imidazole rings is 1. The van der Waals surface area contributed by atoms with Gasteiger partial charge >= 0.3 is 11.9 Å². The van der Waals surface area contributed by atoms with Crippen molar-refractivity contribution in [2.45, 2.75) is 63.2 Å². The number of carboxylic acids is 2. The van der Waals surface area contributed by atoms with Crippen LogP contribution in [0.4, 0.5) is 0 Å². The number of hydrogen-bond acceptors (Lipinski definition) is 8. The van der Waals surface area contributed by atoms with Gasteiger partial charge in [-0.15, -0.1) is 0 Å². The van der Waals surface area contributed by atoms with Crippen molar-refractivity contribution >= 4 is 29.7 Å². The minimum Gasteiger partial charge on any atom is -0.481 e. The smallest absolute Gasteiger partial charge is 0.326 e. The number of H-pyrrole nitrogens is 1. The molecule has 14 heteroatoms. The molecule has 0 saturated heterocycles. The third-order valence-electron chi connectivity index (χ3n) is 4.66. The molecule has 1 heterocycles. The predicted molar refractivity (Wildman–Crippen MR) is 115 cm³/mol. The van der Waals surface area contributed by atoms with Gasteiger partial charge in [-0.25, -0.2) is 9.78 Å². The number of carbonyl (C=O) groups is 5. The minimum atomic E-state index is -1.67. The Hall–Kier alpha value is -3.52. The Morgan fingerprint density at radius 3 is 2.24 bits per heavy atom. The number of nitrogens with zero attached hydrogens (tertiary/aromatic N) is 1. The fraction of sp³-hybridized carbons (Fsp3) is 0.579. The summed E-state index contributed by atoms with van der Waals surface area (Å²) >= 11 is 0. The lowest BCUT2D eigenvalue weighted by Gasteiger charge is -2.23. The van der Waals surface area contributed by atoms with Crippen LogP contribution in [0.3, 0.4) is 0 Å². The van der Waals surface area contributed by atoms with E-state index in [1.54, 1.807) is 0 Å². The molecule has 0 aliphatic heterocycles. The van der Waals surface area contributed by atoms with Gasteiger partial charge in [0.15, 0.2) is 0 Å². The van der Waals surface area contributed by atoms with E-state index in [0.29, 0.717) is 25.1 Å². The van der Waals surface area contributed by atoms with Gasteiger partial charge in [-0.3, -0.25) is 19.2 Å². The van der Waals surface area contributed by atoms with Gasteiger partial charge in [0.25, 0.3) is 0 Å². The molecule has 0 fully saturated rings. The SMILES string of the molecule is CC(NC(=O)C(N)Cc1cnc[nH]1)C(=O)NC(CCCCN)C(=O)NC(CC(=O)O)C(=O)O. The highest BCUT2D eigenvalue weighted by molar-refractivity contribution is 5.94. The van der Waals surface area contributed by atoms with Gasteiger partial charge in [0.2, 0.25) is 17.7 Å². The molecule has 0 aromatic carbocycles. The second kappa shape index (κ2) is 13.8. The van der Waals surface area contributed by atoms with Crippen LogP contribution in [0.2, 0.25) is 0 Å². The maximum atomic E-state index is 12.6. The molecule has 4 unspecified atom stereocenters. The second-order valence-corrected chi connectivity index (χ2v) is 7.46. The summed E-state index contributed by atoms with van der Waals surface area (Å²) in [7, 11) is 0. The van der Waals surface area contributed by atoms with Crippen molar-refractivity contribution in [1.29, 1.82) is 0 Å². The van der Waals surface area contributed by atoms with Gasteiger partial charge in [0, 0.05) is 18.3 Å². The van der Waals surface area contributed by atoms with Crippen LogP contribution >= 0.6 is 0 Å². The molecule has 4 atom stereocenters. The molecule has 184 valence electrons. The maximum absolute atomic E-state index is 12.6. The zero-order valence-corrected chi connectivity index (χ0v) is 18.2. The van der Waals surface area contributed by atoms with Crippen LogP contribution in [-0.4, -0.2) is 80.6 Å². The van der Waals surface area contributed by atoms with Gasteiger partial charge in [-0.2, -0.15) is 0 Å². The number of aromatic amines is 1. The van der Waals surface area contributed by atoms with Gasteiger partial charge < -0.3 is 42.6 Å². The van der Waals surface area contributed by atoms with Crippen LogP contribution < -0.4 is 27.4 Å². The Labute approximate surface area is 189 Å². The first-order valence-electron chi connectivity index (χ1n) is 10.3. The van der Waals surface area contributed by atoms with Gasteiger partial charge in [-0.05, 0) is 32.7 Å². The first-order valence-corrected chi connectivity index (χ1v) is 10.3. The van der Waals surface area contributed by atoms with E-state index in [1.165, 1.54) is 19.4 Å². The minimum absolute atomic E-state index is 0.133. The molecule has 0 aliphatic rings. The lowest BCUT2D eigenvalue weighted by molar-refractivity contribution is -0.147. The molecular formula is C19H31N7O7. The largest absolute Gasteiger partial charge is 0.481 e. The number of amides is 3. The molecule has 0 radical (unpaired) electrons. The Kier molecular flexibility index (Phi) is 11.5. The number of carboxylic acid groups (broad SMARTS) is 2. The number of nitrogens with one attached hydrogen (secondary N) is 4. The number of aromatic nitrogens is 2. The van der Waals surface area contributed by atoms with E-state index < -0.39 is 60.2 Å². The van der Waals surface area contributed by atoms with Crippen molar-refractivity contribution < 1.29 is 34.2 Å². The number of nitrogens with two attached hydrogens (primary N) is 2. The van der Waals surface area contributed by atoms with E-state index in [-0.39, 0.29) is 12.8 Å². The zero-order valence-electron chi connectivity index (χ0n) is 18.2. The zero-order chi connectivity index (χ0) is 25.0. The van der Waals surface area contributed by atoms with E-state index >= 15 is 0 Å². The monoisotopic (exact) mass is 469 g/mol. The molecule has 1 aromatic rings. The van der Waals surface area contributed by atoms with Crippen molar-refractivity contribution in [1.82, 2.24) is 25.9 Å². The van der Waals surface area contributed by atoms with Crippen LogP contribution in [0.1, 0.15) is 38.3 Å². The Bertz CT molecular complexity index is 815. The number of hydrogen-bond donors (Lipinski definition) is 8. The van der Waals surface area contributed by atoms with Crippen LogP contribution in [0.5, 0.6) is 0 Å². The van der Waals surface area contributed by atoms with Crippen molar-refractivity contribution in [3.63, 3.8) is 0 Å². The van der Waals surface area contributed by atoms with Gasteiger partial charge in [-0.1, -0.05) is 0 Å². The Morgan fingerprint density at radius 1 is 1.03 bits per heavy atom. The second-order valence-electron chi connectivity index (χ2n) is 7.46. The van der Waals surface area contributed by atoms with Crippen molar-refractivity contribution in [3.05, 3.63) is 18.2 Å². The van der Waals surface area contributed by atoms with Gasteiger partial charge in [0.05, 0.1) is 18.8 Å². The molecule has 33 heavy (non-hydrogen) atoms. The lowest BCUT2D eigenvalue weighted by Crippen LogP contribution is -2.56. The Balaban J connectivity index is 2.74. The molecule has 1 rings (SSSR count). The van der Waals surface area contributed by atoms with Crippen LogP contribution in [-0.2, 0) is 30.4 Å². The molecule has 10 N–H and O–H groups in total. The average molecular weight is 469 g/mol. The van der Waals surface area contributed by atoms with E-state index in [4.69, 9.17) is 21.7 Å². The van der Waals surface area contributed by atoms with Gasteiger partial charge in [0.1, 0.15) is 18.1 Å². The summed E-state index contributed by atoms with van der Waals surface area (Å²) in [6.07, 6.45) is 3.43. The fourth-order valence-corrected chi connectivity index (χ4v) is 2.82. The van der Waals surface area contributed by atoms with E-state index in [2.05, 4.69) is 25.9 Å². The summed E-state index contributed by atoms with van der Waals surface area (Å²) in [6, 6.07) is -4.82. The maximum Gasteiger partial charge on any atom is 0.326 e. The van der Waals surface area contributed by atoms with Crippen molar-refractivity contribution in [2.24, 2.45) is 11.5 Å². The Morgan fingerprint density at radius 2 is 1.70 bits per heavy atom. The summed E-state index contributed by atoms with van der Waals surface area (Å²) in [5, 5.41) is 25.0. The lowest BCUT2D eigenvalue weighted by atomic mass is 10.1. The van der Waals surface area contributed by atoms with Crippen molar-refractivity contribution in [2.75, 3.05) is 6.54 Å². The van der Waals surface area contributed by atoms with E-state index in [0.717, 1.165) is 0 Å². The number of unbranched alkanes of at least 4 members (excludes halogenated alkanes) is 1. The molecule has 0 spiro atoms. The first-order chi connectivity index (χ1) is 15.5. The standard InChI is InChI=1S/C19H31N7O7/c1-10(24-17(30)12(21)6-11-8-22-9-23-11)16(29)25-13(4-2-3-5-20)18(31)26-14(19(32)33)7-15(27)28/h8-10,12-14H,2-7,20-21H2,1H3,(H,22,23)(H,24,30)(H,25,29)(H,26,31)(H,27,28)(H,32,33). The summed E-state index contributed by atoms with van der Waals surface area (Å²) in [5.41, 5.74) is 11.9. The highest BCUT2D eigenvalue weighted by Gasteiger charge is 2.29. The summed E-state index contributed by atoms with van der Waals surface area (Å²) in [4.78, 5) is 66.1. The van der Waals surface area contributed by atoms with E-state index in [1.807, 2.05) is 0 Å². The van der Waals surface area contributed by atoms with E-state index in [9.17, 15) is 24.0 Å². The third kappa shape index (κ3) is 10.1. The van der Waals surface area contributed by atoms with Crippen LogP contribution in [0.25, 0.3) is 0 Å². The summed E-state index contributed by atoms with van der Waals surface area (Å²) in [6.45, 7) is 1.75. The molecule has 0 saturated carbocycles. The summed E-state index contributed by atoms with van der Waals surface area (Å²) in [5.74, 6) is -5.08. The molecule has 0 bridgehead atoms. The normalized spacial score (nSPS) is 14.4. The fourth-order valence-electron chi connectivity index (χ4n) is 2.82. The predicted octanol–water partition coefficient (Wildman–Crippen LogP) is -2.56. The molecule has 14 nitrogen and oxygen atoms in total.